The SMILES string of the molecule is C=Cc1ncc(OCC#CC)cc1C. The molecule has 0 aromatic carbocycles. The van der Waals surface area contributed by atoms with Crippen molar-refractivity contribution in [3.05, 3.63) is 30.1 Å². The first-order valence-electron chi connectivity index (χ1n) is 4.39. The molecule has 2 nitrogen and oxygen atoms in total. The summed E-state index contributed by atoms with van der Waals surface area (Å²) in [4.78, 5) is 4.18. The van der Waals surface area contributed by atoms with Crippen molar-refractivity contribution in [3.63, 3.8) is 0 Å². The van der Waals surface area contributed by atoms with Gasteiger partial charge in [0.25, 0.3) is 0 Å². The predicted octanol–water partition coefficient (Wildman–Crippen LogP) is 2.44. The Morgan fingerprint density at radius 2 is 2.43 bits per heavy atom. The molecule has 0 atom stereocenters. The van der Waals surface area contributed by atoms with E-state index < -0.39 is 0 Å². The summed E-state index contributed by atoms with van der Waals surface area (Å²) in [7, 11) is 0. The van der Waals surface area contributed by atoms with E-state index in [0.717, 1.165) is 17.0 Å². The molecule has 1 heterocycles. The number of pyridine rings is 1. The van der Waals surface area contributed by atoms with E-state index in [0.29, 0.717) is 6.61 Å². The Morgan fingerprint density at radius 1 is 1.64 bits per heavy atom. The van der Waals surface area contributed by atoms with E-state index >= 15 is 0 Å². The Labute approximate surface area is 84.6 Å². The van der Waals surface area contributed by atoms with E-state index in [1.54, 1.807) is 19.2 Å². The summed E-state index contributed by atoms with van der Waals surface area (Å²) < 4.78 is 5.36. The summed E-state index contributed by atoms with van der Waals surface area (Å²) in [6.07, 6.45) is 3.41. The van der Waals surface area contributed by atoms with Gasteiger partial charge in [0.2, 0.25) is 0 Å². The molecular formula is C12H13NO. The molecule has 14 heavy (non-hydrogen) atoms. The van der Waals surface area contributed by atoms with Crippen LogP contribution in [0.3, 0.4) is 0 Å². The van der Waals surface area contributed by atoms with Gasteiger partial charge in [-0.3, -0.25) is 4.98 Å². The highest BCUT2D eigenvalue weighted by atomic mass is 16.5. The average molecular weight is 187 g/mol. The van der Waals surface area contributed by atoms with Gasteiger partial charge in [-0.1, -0.05) is 12.5 Å². The van der Waals surface area contributed by atoms with Crippen LogP contribution >= 0.6 is 0 Å². The second-order valence-electron chi connectivity index (χ2n) is 2.79. The second kappa shape index (κ2) is 5.08. The molecular weight excluding hydrogens is 174 g/mol. The van der Waals surface area contributed by atoms with Crippen LogP contribution in [0.5, 0.6) is 5.75 Å². The van der Waals surface area contributed by atoms with Crippen LogP contribution in [-0.2, 0) is 0 Å². The van der Waals surface area contributed by atoms with Crippen LogP contribution in [0.15, 0.2) is 18.8 Å². The molecule has 0 saturated heterocycles. The van der Waals surface area contributed by atoms with Crippen molar-refractivity contribution in [2.45, 2.75) is 13.8 Å². The summed E-state index contributed by atoms with van der Waals surface area (Å²) in [6, 6.07) is 1.93. The highest BCUT2D eigenvalue weighted by Crippen LogP contribution is 2.14. The highest BCUT2D eigenvalue weighted by Gasteiger charge is 1.98. The monoisotopic (exact) mass is 187 g/mol. The van der Waals surface area contributed by atoms with Crippen LogP contribution in [0.1, 0.15) is 18.2 Å². The minimum Gasteiger partial charge on any atom is -0.479 e. The first kappa shape index (κ1) is 10.3. The predicted molar refractivity (Wildman–Crippen MR) is 58.0 cm³/mol. The fraction of sp³-hybridized carbons (Fsp3) is 0.250. The number of aromatic nitrogens is 1. The molecule has 0 fully saturated rings. The van der Waals surface area contributed by atoms with Gasteiger partial charge in [0.05, 0.1) is 11.9 Å². The van der Waals surface area contributed by atoms with Crippen LogP contribution in [-0.4, -0.2) is 11.6 Å². The molecule has 0 unspecified atom stereocenters. The van der Waals surface area contributed by atoms with E-state index in [-0.39, 0.29) is 0 Å². The number of rotatable bonds is 3. The molecule has 0 aliphatic rings. The molecule has 0 spiro atoms. The zero-order chi connectivity index (χ0) is 10.4. The van der Waals surface area contributed by atoms with Gasteiger partial charge in [-0.05, 0) is 31.6 Å². The molecule has 0 aliphatic carbocycles. The zero-order valence-electron chi connectivity index (χ0n) is 8.50. The standard InChI is InChI=1S/C12H13NO/c1-4-6-7-14-11-8-10(3)12(5-2)13-9-11/h5,8-9H,2,7H2,1,3H3. The van der Waals surface area contributed by atoms with Crippen LogP contribution in [0.2, 0.25) is 0 Å². The quantitative estimate of drug-likeness (QED) is 0.678. The summed E-state index contributed by atoms with van der Waals surface area (Å²) in [5.74, 6) is 6.33. The maximum Gasteiger partial charge on any atom is 0.149 e. The third kappa shape index (κ3) is 2.63. The van der Waals surface area contributed by atoms with Crippen LogP contribution in [0.25, 0.3) is 6.08 Å². The number of hydrogen-bond acceptors (Lipinski definition) is 2. The van der Waals surface area contributed by atoms with Crippen molar-refractivity contribution in [3.8, 4) is 17.6 Å². The maximum atomic E-state index is 5.36. The smallest absolute Gasteiger partial charge is 0.149 e. The molecule has 0 bridgehead atoms. The molecule has 1 aromatic rings. The fourth-order valence-electron chi connectivity index (χ4n) is 1.04. The van der Waals surface area contributed by atoms with Gasteiger partial charge in [-0.25, -0.2) is 0 Å². The molecule has 0 N–H and O–H groups in total. The van der Waals surface area contributed by atoms with Crippen molar-refractivity contribution in [1.29, 1.82) is 0 Å². The first-order chi connectivity index (χ1) is 6.77. The molecule has 0 saturated carbocycles. The van der Waals surface area contributed by atoms with Crippen LogP contribution in [0.4, 0.5) is 0 Å². The summed E-state index contributed by atoms with van der Waals surface area (Å²) >= 11 is 0. The lowest BCUT2D eigenvalue weighted by Gasteiger charge is -2.04. The Bertz CT molecular complexity index is 385. The largest absolute Gasteiger partial charge is 0.479 e. The topological polar surface area (TPSA) is 22.1 Å². The molecule has 1 aromatic heterocycles. The normalized spacial score (nSPS) is 8.71. The lowest BCUT2D eigenvalue weighted by atomic mass is 10.2. The van der Waals surface area contributed by atoms with Gasteiger partial charge in [-0.15, -0.1) is 5.92 Å². The Morgan fingerprint density at radius 3 is 3.00 bits per heavy atom. The average Bonchev–Trinajstić information content (AvgIpc) is 2.18. The van der Waals surface area contributed by atoms with Crippen molar-refractivity contribution in [2.24, 2.45) is 0 Å². The van der Waals surface area contributed by atoms with Gasteiger partial charge >= 0.3 is 0 Å². The lowest BCUT2D eigenvalue weighted by molar-refractivity contribution is 0.368. The second-order valence-corrected chi connectivity index (χ2v) is 2.79. The minimum atomic E-state index is 0.408. The molecule has 72 valence electrons. The third-order valence-corrected chi connectivity index (χ3v) is 1.77. The third-order valence-electron chi connectivity index (χ3n) is 1.77. The van der Waals surface area contributed by atoms with Crippen LogP contribution in [0, 0.1) is 18.8 Å². The van der Waals surface area contributed by atoms with E-state index in [4.69, 9.17) is 4.74 Å². The lowest BCUT2D eigenvalue weighted by Crippen LogP contribution is -1.96. The van der Waals surface area contributed by atoms with E-state index in [1.165, 1.54) is 0 Å². The van der Waals surface area contributed by atoms with Crippen molar-refractivity contribution in [1.82, 2.24) is 4.98 Å². The number of hydrogen-bond donors (Lipinski definition) is 0. The molecule has 1 rings (SSSR count). The molecule has 0 amide bonds. The fourth-order valence-corrected chi connectivity index (χ4v) is 1.04. The van der Waals surface area contributed by atoms with Gasteiger partial charge in [0, 0.05) is 0 Å². The van der Waals surface area contributed by atoms with Crippen molar-refractivity contribution in [2.75, 3.05) is 6.61 Å². The minimum absolute atomic E-state index is 0.408. The van der Waals surface area contributed by atoms with Crippen molar-refractivity contribution < 1.29 is 4.74 Å². The Kier molecular flexibility index (Phi) is 3.75. The highest BCUT2D eigenvalue weighted by molar-refractivity contribution is 5.48. The Balaban J connectivity index is 2.74. The maximum absolute atomic E-state index is 5.36. The van der Waals surface area contributed by atoms with Gasteiger partial charge < -0.3 is 4.74 Å². The zero-order valence-corrected chi connectivity index (χ0v) is 8.50. The molecule has 2 heteroatoms. The van der Waals surface area contributed by atoms with E-state index in [9.17, 15) is 0 Å². The van der Waals surface area contributed by atoms with E-state index in [2.05, 4.69) is 23.4 Å². The van der Waals surface area contributed by atoms with E-state index in [1.807, 2.05) is 13.0 Å². The van der Waals surface area contributed by atoms with Crippen LogP contribution < -0.4 is 4.74 Å². The summed E-state index contributed by atoms with van der Waals surface area (Å²) in [6.45, 7) is 7.84. The summed E-state index contributed by atoms with van der Waals surface area (Å²) in [5, 5.41) is 0. The first-order valence-corrected chi connectivity index (χ1v) is 4.39. The van der Waals surface area contributed by atoms with Gasteiger partial charge in [0.1, 0.15) is 12.4 Å². The number of aryl methyl sites for hydroxylation is 1. The van der Waals surface area contributed by atoms with Gasteiger partial charge in [-0.2, -0.15) is 0 Å². The number of nitrogens with zero attached hydrogens (tertiary/aromatic N) is 1. The number of ether oxygens (including phenoxy) is 1. The molecule has 0 radical (unpaired) electrons. The summed E-state index contributed by atoms with van der Waals surface area (Å²) in [5.41, 5.74) is 1.95. The van der Waals surface area contributed by atoms with Gasteiger partial charge in [0.15, 0.2) is 0 Å². The Hall–Kier alpha value is -1.75. The van der Waals surface area contributed by atoms with Crippen molar-refractivity contribution >= 4 is 6.08 Å². The molecule has 0 aliphatic heterocycles.